The molecule has 2 amide bonds. The van der Waals surface area contributed by atoms with Gasteiger partial charge >= 0.3 is 5.92 Å². The van der Waals surface area contributed by atoms with Gasteiger partial charge in [-0.15, -0.1) is 0 Å². The van der Waals surface area contributed by atoms with E-state index in [9.17, 15) is 19.0 Å². The van der Waals surface area contributed by atoms with Gasteiger partial charge in [-0.3, -0.25) is 9.59 Å². The second-order valence-electron chi connectivity index (χ2n) is 8.06. The summed E-state index contributed by atoms with van der Waals surface area (Å²) in [6, 6.07) is 7.26. The zero-order valence-electron chi connectivity index (χ0n) is 17.7. The minimum absolute atomic E-state index is 0.0432. The first-order valence-corrected chi connectivity index (χ1v) is 10.6. The Balaban J connectivity index is 1.79. The van der Waals surface area contributed by atoms with Gasteiger partial charge in [-0.2, -0.15) is 8.78 Å². The number of hydrogen-bond acceptors (Lipinski definition) is 3. The summed E-state index contributed by atoms with van der Waals surface area (Å²) in [5.41, 5.74) is -0.262. The topological polar surface area (TPSA) is 69.6 Å². The maximum atomic E-state index is 15.1. The normalized spacial score (nSPS) is 14.9. The van der Waals surface area contributed by atoms with Crippen LogP contribution in [0.2, 0.25) is 17.7 Å². The molecule has 2 aromatic carbocycles. The summed E-state index contributed by atoms with van der Waals surface area (Å²) in [5.74, 6) is -6.51. The lowest BCUT2D eigenvalue weighted by Gasteiger charge is -2.34. The number of piperidine rings is 1. The van der Waals surface area contributed by atoms with Crippen molar-refractivity contribution in [2.75, 3.05) is 18.4 Å². The lowest BCUT2D eigenvalue weighted by Crippen LogP contribution is -2.46. The van der Waals surface area contributed by atoms with Gasteiger partial charge in [0, 0.05) is 24.3 Å². The van der Waals surface area contributed by atoms with E-state index in [2.05, 4.69) is 5.32 Å². The molecule has 0 bridgehead atoms. The average Bonchev–Trinajstić information content (AvgIpc) is 2.76. The second kappa shape index (κ2) is 9.54. The van der Waals surface area contributed by atoms with Crippen LogP contribution in [-0.2, 0) is 10.7 Å². The van der Waals surface area contributed by atoms with Gasteiger partial charge in [0.2, 0.25) is 0 Å². The fraction of sp³-hybridized carbons (Fsp3) is 0.364. The summed E-state index contributed by atoms with van der Waals surface area (Å²) < 4.78 is 43.7. The third kappa shape index (κ3) is 5.10. The molecule has 5 nitrogen and oxygen atoms in total. The highest BCUT2D eigenvalue weighted by Crippen LogP contribution is 2.37. The Hall–Kier alpha value is -2.52. The summed E-state index contributed by atoms with van der Waals surface area (Å²) in [5, 5.41) is 11.9. The third-order valence-corrected chi connectivity index (χ3v) is 6.09. The van der Waals surface area contributed by atoms with Crippen LogP contribution in [0.4, 0.5) is 18.9 Å². The molecule has 1 saturated heterocycles. The van der Waals surface area contributed by atoms with Crippen LogP contribution in [0.3, 0.4) is 0 Å². The van der Waals surface area contributed by atoms with Crippen LogP contribution < -0.4 is 5.32 Å². The maximum Gasteiger partial charge on any atom is 0.351 e. The third-order valence-electron chi connectivity index (χ3n) is 5.76. The van der Waals surface area contributed by atoms with Gasteiger partial charge in [0.25, 0.3) is 18.7 Å². The van der Waals surface area contributed by atoms with Crippen LogP contribution in [0, 0.1) is 12.7 Å². The quantitative estimate of drug-likeness (QED) is 0.626. The molecule has 0 radical (unpaired) electrons. The van der Waals surface area contributed by atoms with Crippen LogP contribution in [0.25, 0.3) is 0 Å². The minimum Gasteiger partial charge on any atom is -0.450 e. The SMILES string of the molecule is CB(O)C1CCN(C(=O)C(F)(F)c2cc(C(=O)Nc3ccc(F)c(C)c3)ccc2Cl)CC1. The van der Waals surface area contributed by atoms with E-state index in [1.54, 1.807) is 6.82 Å². The van der Waals surface area contributed by atoms with Gasteiger partial charge in [0.05, 0.1) is 10.6 Å². The average molecular weight is 467 g/mol. The number of nitrogens with one attached hydrogen (secondary N) is 1. The first-order valence-electron chi connectivity index (χ1n) is 10.2. The summed E-state index contributed by atoms with van der Waals surface area (Å²) in [4.78, 5) is 26.2. The monoisotopic (exact) mass is 466 g/mol. The van der Waals surface area contributed by atoms with Crippen molar-refractivity contribution in [2.45, 2.75) is 38.3 Å². The van der Waals surface area contributed by atoms with Crippen molar-refractivity contribution in [2.24, 2.45) is 0 Å². The molecule has 2 aromatic rings. The first-order chi connectivity index (χ1) is 15.0. The molecular weight excluding hydrogens is 444 g/mol. The Kier molecular flexibility index (Phi) is 7.20. The van der Waals surface area contributed by atoms with Gasteiger partial charge in [-0.1, -0.05) is 18.4 Å². The van der Waals surface area contributed by atoms with E-state index in [0.717, 1.165) is 17.0 Å². The van der Waals surface area contributed by atoms with E-state index >= 15 is 8.78 Å². The molecule has 1 aliphatic rings. The molecule has 1 aliphatic heterocycles. The van der Waals surface area contributed by atoms with E-state index in [1.165, 1.54) is 31.2 Å². The summed E-state index contributed by atoms with van der Waals surface area (Å²) in [6.45, 7) is 2.81. The summed E-state index contributed by atoms with van der Waals surface area (Å²) in [6.07, 6.45) is 0.847. The zero-order chi connectivity index (χ0) is 23.6. The number of nitrogens with zero attached hydrogens (tertiary/aromatic N) is 1. The van der Waals surface area contributed by atoms with Gasteiger partial charge in [0.15, 0.2) is 0 Å². The molecule has 2 N–H and O–H groups in total. The highest BCUT2D eigenvalue weighted by molar-refractivity contribution is 6.50. The number of likely N-dealkylation sites (tertiary alicyclic amines) is 1. The lowest BCUT2D eigenvalue weighted by atomic mass is 9.55. The summed E-state index contributed by atoms with van der Waals surface area (Å²) >= 11 is 5.97. The van der Waals surface area contributed by atoms with Crippen molar-refractivity contribution >= 4 is 36.0 Å². The number of amides is 2. The van der Waals surface area contributed by atoms with Gasteiger partial charge in [-0.25, -0.2) is 4.39 Å². The van der Waals surface area contributed by atoms with Crippen molar-refractivity contribution < 1.29 is 27.8 Å². The van der Waals surface area contributed by atoms with Crippen molar-refractivity contribution in [3.05, 3.63) is 63.9 Å². The number of carbonyl (C=O) groups excluding carboxylic acids is 2. The Bertz CT molecular complexity index is 1030. The maximum absolute atomic E-state index is 15.1. The van der Waals surface area contributed by atoms with Crippen molar-refractivity contribution in [1.29, 1.82) is 0 Å². The first kappa shape index (κ1) is 24.1. The Morgan fingerprint density at radius 1 is 1.19 bits per heavy atom. The minimum atomic E-state index is -3.93. The Labute approximate surface area is 189 Å². The molecule has 0 spiro atoms. The highest BCUT2D eigenvalue weighted by Gasteiger charge is 2.46. The Morgan fingerprint density at radius 2 is 1.84 bits per heavy atom. The van der Waals surface area contributed by atoms with Crippen molar-refractivity contribution in [3.63, 3.8) is 0 Å². The van der Waals surface area contributed by atoms with Gasteiger partial charge < -0.3 is 15.2 Å². The van der Waals surface area contributed by atoms with Crippen molar-refractivity contribution in [3.8, 4) is 0 Å². The fourth-order valence-electron chi connectivity index (χ4n) is 3.73. The number of carbonyl (C=O) groups is 2. The number of alkyl halides is 2. The number of halogens is 4. The molecule has 0 unspecified atom stereocenters. The van der Waals surface area contributed by atoms with E-state index in [1.807, 2.05) is 0 Å². The lowest BCUT2D eigenvalue weighted by molar-refractivity contribution is -0.160. The van der Waals surface area contributed by atoms with Crippen LogP contribution in [0.1, 0.15) is 34.3 Å². The predicted molar refractivity (Wildman–Crippen MR) is 118 cm³/mol. The van der Waals surface area contributed by atoms with Crippen LogP contribution in [-0.4, -0.2) is 41.7 Å². The molecule has 3 rings (SSSR count). The molecule has 10 heteroatoms. The van der Waals surface area contributed by atoms with Crippen LogP contribution in [0.15, 0.2) is 36.4 Å². The van der Waals surface area contributed by atoms with Crippen molar-refractivity contribution in [1.82, 2.24) is 4.90 Å². The molecule has 0 aromatic heterocycles. The fourth-order valence-corrected chi connectivity index (χ4v) is 3.97. The molecule has 32 heavy (non-hydrogen) atoms. The zero-order valence-corrected chi connectivity index (χ0v) is 18.4. The van der Waals surface area contributed by atoms with E-state index in [-0.39, 0.29) is 29.5 Å². The van der Waals surface area contributed by atoms with Crippen LogP contribution in [0.5, 0.6) is 0 Å². The van der Waals surface area contributed by atoms with E-state index in [4.69, 9.17) is 11.6 Å². The number of anilines is 1. The largest absolute Gasteiger partial charge is 0.450 e. The molecule has 0 atom stereocenters. The van der Waals surface area contributed by atoms with Crippen LogP contribution >= 0.6 is 11.6 Å². The number of aryl methyl sites for hydroxylation is 1. The number of hydrogen-bond donors (Lipinski definition) is 2. The molecule has 1 fully saturated rings. The molecule has 0 saturated carbocycles. The standard InChI is InChI=1S/C22H23BClF3N2O3/c1-13-11-16(4-6-19(13)25)28-20(30)14-3-5-18(24)17(12-14)22(26,27)21(31)29-9-7-15(8-10-29)23(2)32/h3-6,11-12,15,32H,7-10H2,1-2H3,(H,28,30). The summed E-state index contributed by atoms with van der Waals surface area (Å²) in [7, 11) is 0. The number of benzene rings is 2. The van der Waals surface area contributed by atoms with Gasteiger partial charge in [-0.05, 0) is 67.5 Å². The van der Waals surface area contributed by atoms with E-state index in [0.29, 0.717) is 24.1 Å². The van der Waals surface area contributed by atoms with Gasteiger partial charge in [0.1, 0.15) is 5.82 Å². The predicted octanol–water partition coefficient (Wildman–Crippen LogP) is 4.74. The molecule has 170 valence electrons. The molecular formula is C22H23BClF3N2O3. The highest BCUT2D eigenvalue weighted by atomic mass is 35.5. The Morgan fingerprint density at radius 3 is 2.44 bits per heavy atom. The number of rotatable bonds is 5. The smallest absolute Gasteiger partial charge is 0.351 e. The van der Waals surface area contributed by atoms with E-state index < -0.39 is 36.0 Å². The molecule has 0 aliphatic carbocycles. The molecule has 1 heterocycles. The second-order valence-corrected chi connectivity index (χ2v) is 8.46.